The number of aliphatic imine (C=N–C) groups is 1. The molecule has 1 fully saturated rings. The van der Waals surface area contributed by atoms with E-state index in [0.717, 1.165) is 48.7 Å². The molecule has 2 N–H and O–H groups in total. The van der Waals surface area contributed by atoms with Crippen LogP contribution in [-0.2, 0) is 0 Å². The Bertz CT molecular complexity index is 735. The molecule has 0 saturated heterocycles. The van der Waals surface area contributed by atoms with Gasteiger partial charge in [-0.05, 0) is 37.0 Å². The molecule has 1 aromatic heterocycles. The van der Waals surface area contributed by atoms with E-state index in [1.54, 1.807) is 18.3 Å². The lowest BCUT2D eigenvalue weighted by molar-refractivity contribution is 0.638. The van der Waals surface area contributed by atoms with Gasteiger partial charge >= 0.3 is 0 Å². The summed E-state index contributed by atoms with van der Waals surface area (Å²) >= 11 is 0. The molecule has 2 aliphatic rings. The molecule has 4 rings (SSSR count). The number of nitrogens with one attached hydrogen (secondary N) is 2. The molecule has 1 saturated carbocycles. The topological polar surface area (TPSA) is 49.3 Å². The van der Waals surface area contributed by atoms with Crippen molar-refractivity contribution in [1.29, 1.82) is 0 Å². The highest BCUT2D eigenvalue weighted by Crippen LogP contribution is 2.41. The van der Waals surface area contributed by atoms with E-state index in [1.165, 1.54) is 12.8 Å². The van der Waals surface area contributed by atoms with Gasteiger partial charge in [-0.3, -0.25) is 9.98 Å². The molecule has 114 valence electrons. The normalized spacial score (nSPS) is 18.5. The largest absolute Gasteiger partial charge is 0.354 e. The molecular weight excluding hydrogens is 279 g/mol. The van der Waals surface area contributed by atoms with Crippen LogP contribution in [0.4, 0.5) is 10.1 Å². The van der Waals surface area contributed by atoms with E-state index in [0.29, 0.717) is 11.3 Å². The van der Waals surface area contributed by atoms with Crippen molar-refractivity contribution in [3.63, 3.8) is 0 Å². The zero-order chi connectivity index (χ0) is 14.9. The van der Waals surface area contributed by atoms with Crippen molar-refractivity contribution in [2.75, 3.05) is 18.4 Å². The molecule has 2 aromatic rings. The van der Waals surface area contributed by atoms with Crippen LogP contribution in [0.2, 0.25) is 0 Å². The molecule has 2 heterocycles. The summed E-state index contributed by atoms with van der Waals surface area (Å²) in [5.74, 6) is 0.947. The van der Waals surface area contributed by atoms with Gasteiger partial charge in [0.25, 0.3) is 0 Å². The molecule has 1 aromatic carbocycles. The SMILES string of the molecule is Fc1cc(NC2=NCCN2)c(C2CCCC2)c2ncccc12. The zero-order valence-corrected chi connectivity index (χ0v) is 12.4. The first-order valence-electron chi connectivity index (χ1n) is 7.95. The summed E-state index contributed by atoms with van der Waals surface area (Å²) in [6, 6.07) is 5.20. The molecule has 0 radical (unpaired) electrons. The summed E-state index contributed by atoms with van der Waals surface area (Å²) in [6.07, 6.45) is 6.50. The Kier molecular flexibility index (Phi) is 3.41. The van der Waals surface area contributed by atoms with Gasteiger partial charge in [-0.2, -0.15) is 0 Å². The molecule has 1 aliphatic heterocycles. The molecule has 1 aliphatic carbocycles. The number of benzene rings is 1. The average molecular weight is 298 g/mol. The lowest BCUT2D eigenvalue weighted by Crippen LogP contribution is -2.27. The summed E-state index contributed by atoms with van der Waals surface area (Å²) in [7, 11) is 0. The quantitative estimate of drug-likeness (QED) is 0.893. The summed E-state index contributed by atoms with van der Waals surface area (Å²) in [5.41, 5.74) is 2.74. The Morgan fingerprint density at radius 1 is 1.27 bits per heavy atom. The summed E-state index contributed by atoms with van der Waals surface area (Å²) < 4.78 is 14.4. The number of rotatable bonds is 2. The first-order valence-corrected chi connectivity index (χ1v) is 7.95. The van der Waals surface area contributed by atoms with E-state index in [1.807, 2.05) is 6.07 Å². The van der Waals surface area contributed by atoms with Crippen molar-refractivity contribution in [2.45, 2.75) is 31.6 Å². The number of pyridine rings is 1. The van der Waals surface area contributed by atoms with Gasteiger partial charge in [0.1, 0.15) is 5.82 Å². The maximum atomic E-state index is 14.4. The number of aromatic nitrogens is 1. The molecule has 5 heteroatoms. The van der Waals surface area contributed by atoms with Crippen LogP contribution < -0.4 is 10.6 Å². The Balaban J connectivity index is 1.87. The van der Waals surface area contributed by atoms with E-state index in [9.17, 15) is 4.39 Å². The smallest absolute Gasteiger partial charge is 0.195 e. The van der Waals surface area contributed by atoms with Gasteiger partial charge in [-0.25, -0.2) is 4.39 Å². The molecule has 0 atom stereocenters. The minimum Gasteiger partial charge on any atom is -0.354 e. The molecule has 0 unspecified atom stereocenters. The van der Waals surface area contributed by atoms with Crippen molar-refractivity contribution < 1.29 is 4.39 Å². The Morgan fingerprint density at radius 3 is 2.91 bits per heavy atom. The van der Waals surface area contributed by atoms with Crippen LogP contribution in [0.15, 0.2) is 29.4 Å². The Hall–Kier alpha value is -2.17. The van der Waals surface area contributed by atoms with Crippen molar-refractivity contribution >= 4 is 22.5 Å². The number of nitrogens with zero attached hydrogens (tertiary/aromatic N) is 2. The fraction of sp³-hybridized carbons (Fsp3) is 0.412. The van der Waals surface area contributed by atoms with Gasteiger partial charge in [0.15, 0.2) is 5.96 Å². The van der Waals surface area contributed by atoms with Crippen LogP contribution in [0, 0.1) is 5.82 Å². The number of halogens is 1. The number of hydrogen-bond donors (Lipinski definition) is 2. The van der Waals surface area contributed by atoms with Crippen molar-refractivity contribution in [3.8, 4) is 0 Å². The van der Waals surface area contributed by atoms with E-state index in [-0.39, 0.29) is 5.82 Å². The number of hydrogen-bond acceptors (Lipinski definition) is 4. The molecule has 0 bridgehead atoms. The first kappa shape index (κ1) is 13.5. The second kappa shape index (κ2) is 5.55. The summed E-state index contributed by atoms with van der Waals surface area (Å²) in [5, 5.41) is 7.07. The highest BCUT2D eigenvalue weighted by molar-refractivity contribution is 5.98. The molecule has 22 heavy (non-hydrogen) atoms. The fourth-order valence-electron chi connectivity index (χ4n) is 3.56. The summed E-state index contributed by atoms with van der Waals surface area (Å²) in [4.78, 5) is 8.84. The Labute approximate surface area is 128 Å². The van der Waals surface area contributed by atoms with Gasteiger partial charge in [-0.1, -0.05) is 12.8 Å². The lowest BCUT2D eigenvalue weighted by atomic mass is 9.93. The second-order valence-corrected chi connectivity index (χ2v) is 5.98. The second-order valence-electron chi connectivity index (χ2n) is 5.98. The van der Waals surface area contributed by atoms with E-state index >= 15 is 0 Å². The first-order chi connectivity index (χ1) is 10.8. The maximum Gasteiger partial charge on any atom is 0.195 e. The highest BCUT2D eigenvalue weighted by Gasteiger charge is 2.25. The number of fused-ring (bicyclic) bond motifs is 1. The van der Waals surface area contributed by atoms with E-state index in [2.05, 4.69) is 20.6 Å². The summed E-state index contributed by atoms with van der Waals surface area (Å²) in [6.45, 7) is 1.59. The maximum absolute atomic E-state index is 14.4. The van der Waals surface area contributed by atoms with E-state index < -0.39 is 0 Å². The van der Waals surface area contributed by atoms with Gasteiger partial charge in [0.2, 0.25) is 0 Å². The monoisotopic (exact) mass is 298 g/mol. The third-order valence-electron chi connectivity index (χ3n) is 4.57. The van der Waals surface area contributed by atoms with E-state index in [4.69, 9.17) is 0 Å². The van der Waals surface area contributed by atoms with Crippen LogP contribution in [0.1, 0.15) is 37.2 Å². The standard InChI is InChI=1S/C17H19FN4/c18-13-10-14(22-17-20-8-9-21-17)15(11-4-1-2-5-11)16-12(13)6-3-7-19-16/h3,6-7,10-11H,1-2,4-5,8-9H2,(H2,20,21,22). The van der Waals surface area contributed by atoms with Crippen molar-refractivity contribution in [3.05, 3.63) is 35.8 Å². The van der Waals surface area contributed by atoms with Gasteiger partial charge in [-0.15, -0.1) is 0 Å². The van der Waals surface area contributed by atoms with Gasteiger partial charge < -0.3 is 10.6 Å². The van der Waals surface area contributed by atoms with Crippen molar-refractivity contribution in [2.24, 2.45) is 4.99 Å². The molecule has 0 amide bonds. The molecule has 0 spiro atoms. The third-order valence-corrected chi connectivity index (χ3v) is 4.57. The molecule has 4 nitrogen and oxygen atoms in total. The predicted octanol–water partition coefficient (Wildman–Crippen LogP) is 3.40. The van der Waals surface area contributed by atoms with Crippen LogP contribution >= 0.6 is 0 Å². The zero-order valence-electron chi connectivity index (χ0n) is 12.4. The third kappa shape index (κ3) is 2.30. The van der Waals surface area contributed by atoms with Gasteiger partial charge in [0.05, 0.1) is 12.1 Å². The number of guanidine groups is 1. The lowest BCUT2D eigenvalue weighted by Gasteiger charge is -2.19. The predicted molar refractivity (Wildman–Crippen MR) is 86.8 cm³/mol. The minimum atomic E-state index is -0.231. The highest BCUT2D eigenvalue weighted by atomic mass is 19.1. The van der Waals surface area contributed by atoms with Crippen LogP contribution in [0.25, 0.3) is 10.9 Å². The van der Waals surface area contributed by atoms with Gasteiger partial charge in [0, 0.05) is 29.4 Å². The fourth-order valence-corrected chi connectivity index (χ4v) is 3.56. The molecular formula is C17H19FN4. The minimum absolute atomic E-state index is 0.231. The average Bonchev–Trinajstić information content (AvgIpc) is 3.21. The van der Waals surface area contributed by atoms with Crippen LogP contribution in [0.5, 0.6) is 0 Å². The van der Waals surface area contributed by atoms with Crippen LogP contribution in [0.3, 0.4) is 0 Å². The van der Waals surface area contributed by atoms with Crippen molar-refractivity contribution in [1.82, 2.24) is 10.3 Å². The Morgan fingerprint density at radius 2 is 2.14 bits per heavy atom. The van der Waals surface area contributed by atoms with Crippen LogP contribution in [-0.4, -0.2) is 24.0 Å². The number of anilines is 1.